The molecule has 0 aromatic heterocycles. The SMILES string of the molecule is CC1CCN(S(=O)(=O)c2ccccc2C#N)C(C(=O)O)C1. The van der Waals surface area contributed by atoms with Crippen molar-refractivity contribution in [3.63, 3.8) is 0 Å². The first-order chi connectivity index (χ1) is 9.87. The molecule has 0 aliphatic carbocycles. The van der Waals surface area contributed by atoms with Crippen LogP contribution in [0.4, 0.5) is 0 Å². The van der Waals surface area contributed by atoms with Gasteiger partial charge in [0.25, 0.3) is 0 Å². The fraction of sp³-hybridized carbons (Fsp3) is 0.429. The van der Waals surface area contributed by atoms with Crippen molar-refractivity contribution in [1.29, 1.82) is 5.26 Å². The average molecular weight is 308 g/mol. The summed E-state index contributed by atoms with van der Waals surface area (Å²) >= 11 is 0. The number of nitrogens with zero attached hydrogens (tertiary/aromatic N) is 2. The van der Waals surface area contributed by atoms with Gasteiger partial charge in [-0.15, -0.1) is 0 Å². The minimum atomic E-state index is -3.99. The lowest BCUT2D eigenvalue weighted by Crippen LogP contribution is -2.49. The number of sulfonamides is 1. The van der Waals surface area contributed by atoms with E-state index in [9.17, 15) is 18.3 Å². The van der Waals surface area contributed by atoms with Crippen LogP contribution in [0, 0.1) is 17.2 Å². The Morgan fingerprint density at radius 1 is 1.43 bits per heavy atom. The molecule has 112 valence electrons. The molecule has 0 spiro atoms. The molecule has 0 bridgehead atoms. The Balaban J connectivity index is 2.47. The van der Waals surface area contributed by atoms with Crippen LogP contribution in [0.15, 0.2) is 29.2 Å². The molecule has 2 unspecified atom stereocenters. The summed E-state index contributed by atoms with van der Waals surface area (Å²) in [4.78, 5) is 11.2. The number of rotatable bonds is 3. The summed E-state index contributed by atoms with van der Waals surface area (Å²) in [6.07, 6.45) is 0.890. The quantitative estimate of drug-likeness (QED) is 0.910. The molecule has 2 rings (SSSR count). The van der Waals surface area contributed by atoms with Crippen LogP contribution in [0.2, 0.25) is 0 Å². The number of carboxylic acid groups (broad SMARTS) is 1. The molecule has 1 saturated heterocycles. The molecule has 21 heavy (non-hydrogen) atoms. The van der Waals surface area contributed by atoms with Gasteiger partial charge >= 0.3 is 5.97 Å². The minimum absolute atomic E-state index is 0.0280. The lowest BCUT2D eigenvalue weighted by Gasteiger charge is -2.35. The number of nitriles is 1. The molecule has 1 aliphatic rings. The third-order valence-electron chi connectivity index (χ3n) is 3.69. The third kappa shape index (κ3) is 2.91. The Bertz CT molecular complexity index is 693. The monoisotopic (exact) mass is 308 g/mol. The third-order valence-corrected chi connectivity index (χ3v) is 5.66. The van der Waals surface area contributed by atoms with Crippen LogP contribution in [0.3, 0.4) is 0 Å². The summed E-state index contributed by atoms with van der Waals surface area (Å²) in [6.45, 7) is 2.06. The van der Waals surface area contributed by atoms with Gasteiger partial charge in [0.2, 0.25) is 10.0 Å². The lowest BCUT2D eigenvalue weighted by molar-refractivity contribution is -0.143. The Morgan fingerprint density at radius 3 is 2.71 bits per heavy atom. The summed E-state index contributed by atoms with van der Waals surface area (Å²) in [6, 6.07) is 6.61. The van der Waals surface area contributed by atoms with Gasteiger partial charge in [-0.2, -0.15) is 9.57 Å². The number of hydrogen-bond acceptors (Lipinski definition) is 4. The smallest absolute Gasteiger partial charge is 0.322 e. The molecule has 1 N–H and O–H groups in total. The first-order valence-electron chi connectivity index (χ1n) is 6.61. The van der Waals surface area contributed by atoms with Gasteiger partial charge in [0.1, 0.15) is 12.1 Å². The number of carbonyl (C=O) groups is 1. The van der Waals surface area contributed by atoms with Crippen molar-refractivity contribution >= 4 is 16.0 Å². The first-order valence-corrected chi connectivity index (χ1v) is 8.05. The average Bonchev–Trinajstić information content (AvgIpc) is 2.46. The summed E-state index contributed by atoms with van der Waals surface area (Å²) in [5.74, 6) is -0.997. The zero-order valence-corrected chi connectivity index (χ0v) is 12.4. The largest absolute Gasteiger partial charge is 0.480 e. The van der Waals surface area contributed by atoms with Crippen molar-refractivity contribution < 1.29 is 18.3 Å². The molecule has 1 fully saturated rings. The molecule has 2 atom stereocenters. The Hall–Kier alpha value is -1.91. The number of benzene rings is 1. The first kappa shape index (κ1) is 15.5. The molecule has 0 radical (unpaired) electrons. The molecule has 1 aromatic rings. The van der Waals surface area contributed by atoms with Gasteiger partial charge in [0, 0.05) is 6.54 Å². The predicted molar refractivity (Wildman–Crippen MR) is 74.9 cm³/mol. The summed E-state index contributed by atoms with van der Waals surface area (Å²) in [5.41, 5.74) is 0.0280. The standard InChI is InChI=1S/C14H16N2O4S/c1-10-6-7-16(12(8-10)14(17)18)21(19,20)13-5-3-2-4-11(13)9-15/h2-5,10,12H,6-8H2,1H3,(H,17,18). The van der Waals surface area contributed by atoms with Crippen LogP contribution in [0.5, 0.6) is 0 Å². The molecule has 6 nitrogen and oxygen atoms in total. The Kier molecular flexibility index (Phi) is 4.30. The Morgan fingerprint density at radius 2 is 2.10 bits per heavy atom. The summed E-state index contributed by atoms with van der Waals surface area (Å²) < 4.78 is 26.4. The van der Waals surface area contributed by atoms with Crippen LogP contribution >= 0.6 is 0 Å². The highest BCUT2D eigenvalue weighted by atomic mass is 32.2. The molecular weight excluding hydrogens is 292 g/mol. The zero-order valence-electron chi connectivity index (χ0n) is 11.6. The maximum atomic E-state index is 12.7. The molecule has 0 amide bonds. The fourth-order valence-electron chi connectivity index (χ4n) is 2.54. The van der Waals surface area contributed by atoms with Crippen LogP contribution in [-0.4, -0.2) is 36.4 Å². The van der Waals surface area contributed by atoms with Crippen LogP contribution in [0.25, 0.3) is 0 Å². The van der Waals surface area contributed by atoms with Gasteiger partial charge in [0.05, 0.1) is 10.5 Å². The van der Waals surface area contributed by atoms with E-state index in [0.717, 1.165) is 4.31 Å². The van der Waals surface area contributed by atoms with Gasteiger partial charge in [-0.05, 0) is 30.9 Å². The van der Waals surface area contributed by atoms with E-state index in [4.69, 9.17) is 5.26 Å². The summed E-state index contributed by atoms with van der Waals surface area (Å²) in [7, 11) is -3.99. The van der Waals surface area contributed by atoms with E-state index in [1.165, 1.54) is 18.2 Å². The van der Waals surface area contributed by atoms with E-state index in [0.29, 0.717) is 6.42 Å². The zero-order chi connectivity index (χ0) is 15.6. The molecule has 0 saturated carbocycles. The maximum absolute atomic E-state index is 12.7. The van der Waals surface area contributed by atoms with Gasteiger partial charge in [-0.25, -0.2) is 8.42 Å². The van der Waals surface area contributed by atoms with Crippen molar-refractivity contribution in [2.24, 2.45) is 5.92 Å². The van der Waals surface area contributed by atoms with Crippen molar-refractivity contribution in [1.82, 2.24) is 4.31 Å². The number of piperidine rings is 1. The summed E-state index contributed by atoms with van der Waals surface area (Å²) in [5, 5.41) is 18.3. The van der Waals surface area contributed by atoms with E-state index in [1.54, 1.807) is 6.07 Å². The second-order valence-electron chi connectivity index (χ2n) is 5.21. The van der Waals surface area contributed by atoms with Crippen molar-refractivity contribution in [3.05, 3.63) is 29.8 Å². The normalized spacial score (nSPS) is 23.4. The van der Waals surface area contributed by atoms with Gasteiger partial charge in [-0.3, -0.25) is 4.79 Å². The van der Waals surface area contributed by atoms with E-state index in [-0.39, 0.29) is 29.3 Å². The highest BCUT2D eigenvalue weighted by molar-refractivity contribution is 7.89. The van der Waals surface area contributed by atoms with Crippen molar-refractivity contribution in [2.45, 2.75) is 30.7 Å². The number of hydrogen-bond donors (Lipinski definition) is 1. The molecule has 1 aromatic carbocycles. The molecule has 7 heteroatoms. The topological polar surface area (TPSA) is 98.5 Å². The second kappa shape index (κ2) is 5.84. The van der Waals surface area contributed by atoms with E-state index < -0.39 is 22.0 Å². The lowest BCUT2D eigenvalue weighted by atomic mass is 9.94. The van der Waals surface area contributed by atoms with Crippen LogP contribution < -0.4 is 0 Å². The highest BCUT2D eigenvalue weighted by Crippen LogP contribution is 2.29. The molecule has 1 heterocycles. The fourth-order valence-corrected chi connectivity index (χ4v) is 4.29. The maximum Gasteiger partial charge on any atom is 0.322 e. The van der Waals surface area contributed by atoms with Gasteiger partial charge in [-0.1, -0.05) is 19.1 Å². The Labute approximate surface area is 123 Å². The number of carboxylic acids is 1. The second-order valence-corrected chi connectivity index (χ2v) is 7.07. The van der Waals surface area contributed by atoms with Crippen molar-refractivity contribution in [3.8, 4) is 6.07 Å². The van der Waals surface area contributed by atoms with Crippen molar-refractivity contribution in [2.75, 3.05) is 6.54 Å². The van der Waals surface area contributed by atoms with E-state index in [2.05, 4.69) is 0 Å². The highest BCUT2D eigenvalue weighted by Gasteiger charge is 2.40. The van der Waals surface area contributed by atoms with E-state index in [1.807, 2.05) is 13.0 Å². The molecular formula is C14H16N2O4S. The van der Waals surface area contributed by atoms with Crippen LogP contribution in [-0.2, 0) is 14.8 Å². The van der Waals surface area contributed by atoms with Crippen LogP contribution in [0.1, 0.15) is 25.3 Å². The molecule has 1 aliphatic heterocycles. The van der Waals surface area contributed by atoms with Gasteiger partial charge in [0.15, 0.2) is 0 Å². The van der Waals surface area contributed by atoms with E-state index >= 15 is 0 Å². The predicted octanol–water partition coefficient (Wildman–Crippen LogP) is 1.43. The minimum Gasteiger partial charge on any atom is -0.480 e. The van der Waals surface area contributed by atoms with Gasteiger partial charge < -0.3 is 5.11 Å². The number of aliphatic carboxylic acids is 1.